The lowest BCUT2D eigenvalue weighted by atomic mass is 9.97. The third-order valence-corrected chi connectivity index (χ3v) is 5.40. The van der Waals surface area contributed by atoms with E-state index in [1.807, 2.05) is 53.4 Å². The number of nitrogens with zero attached hydrogens (tertiary/aromatic N) is 2. The summed E-state index contributed by atoms with van der Waals surface area (Å²) in [6, 6.07) is 13.4. The summed E-state index contributed by atoms with van der Waals surface area (Å²) in [5.41, 5.74) is 1.76. The average molecular weight is 336 g/mol. The quantitative estimate of drug-likeness (QED) is 0.725. The van der Waals surface area contributed by atoms with Crippen LogP contribution in [0.5, 0.6) is 0 Å². The van der Waals surface area contributed by atoms with Crippen LogP contribution in [-0.2, 0) is 11.2 Å². The highest BCUT2D eigenvalue weighted by molar-refractivity contribution is 7.15. The number of benzene rings is 1. The Bertz CT molecular complexity index is 895. The first kappa shape index (κ1) is 15.0. The Labute approximate surface area is 143 Å². The molecule has 0 amide bonds. The SMILES string of the molecule is O=C1CCC(C(=O)Cc2ncc(-c3ccccc3)s2)n2cccc21. The van der Waals surface area contributed by atoms with E-state index in [1.54, 1.807) is 17.4 Å². The molecule has 0 radical (unpaired) electrons. The van der Waals surface area contributed by atoms with Crippen LogP contribution in [0.4, 0.5) is 0 Å². The monoisotopic (exact) mass is 336 g/mol. The smallest absolute Gasteiger partial charge is 0.179 e. The normalized spacial score (nSPS) is 16.8. The van der Waals surface area contributed by atoms with Crippen molar-refractivity contribution in [1.82, 2.24) is 9.55 Å². The van der Waals surface area contributed by atoms with Gasteiger partial charge in [-0.25, -0.2) is 4.98 Å². The molecule has 0 N–H and O–H groups in total. The van der Waals surface area contributed by atoms with Crippen LogP contribution in [0.2, 0.25) is 0 Å². The molecule has 0 aliphatic carbocycles. The van der Waals surface area contributed by atoms with E-state index in [2.05, 4.69) is 4.98 Å². The number of thiazole rings is 1. The topological polar surface area (TPSA) is 52.0 Å². The summed E-state index contributed by atoms with van der Waals surface area (Å²) in [5, 5.41) is 0.824. The van der Waals surface area contributed by atoms with Gasteiger partial charge in [-0.15, -0.1) is 11.3 Å². The zero-order valence-electron chi connectivity index (χ0n) is 13.0. The molecule has 24 heavy (non-hydrogen) atoms. The van der Waals surface area contributed by atoms with E-state index >= 15 is 0 Å². The lowest BCUT2D eigenvalue weighted by Crippen LogP contribution is -2.28. The van der Waals surface area contributed by atoms with Crippen molar-refractivity contribution in [3.63, 3.8) is 0 Å². The van der Waals surface area contributed by atoms with Gasteiger partial charge in [0.1, 0.15) is 5.01 Å². The van der Waals surface area contributed by atoms with Crippen LogP contribution in [-0.4, -0.2) is 21.1 Å². The van der Waals surface area contributed by atoms with Crippen LogP contribution in [0.1, 0.15) is 34.4 Å². The molecule has 0 saturated heterocycles. The molecule has 1 atom stereocenters. The summed E-state index contributed by atoms with van der Waals surface area (Å²) >= 11 is 1.55. The molecule has 0 bridgehead atoms. The molecular formula is C19H16N2O2S. The Hall–Kier alpha value is -2.53. The van der Waals surface area contributed by atoms with Crippen molar-refractivity contribution in [3.05, 3.63) is 65.6 Å². The molecule has 2 aromatic heterocycles. The Balaban J connectivity index is 1.53. The lowest BCUT2D eigenvalue weighted by Gasteiger charge is -2.24. The van der Waals surface area contributed by atoms with Gasteiger partial charge in [0.2, 0.25) is 0 Å². The fraction of sp³-hybridized carbons (Fsp3) is 0.211. The van der Waals surface area contributed by atoms with Gasteiger partial charge in [-0.1, -0.05) is 30.3 Å². The minimum atomic E-state index is -0.253. The fourth-order valence-corrected chi connectivity index (χ4v) is 4.08. The first-order valence-corrected chi connectivity index (χ1v) is 8.77. The zero-order valence-corrected chi connectivity index (χ0v) is 13.8. The third-order valence-electron chi connectivity index (χ3n) is 4.35. The number of fused-ring (bicyclic) bond motifs is 1. The highest BCUT2D eigenvalue weighted by Crippen LogP contribution is 2.30. The van der Waals surface area contributed by atoms with Crippen LogP contribution in [0.3, 0.4) is 0 Å². The second-order valence-corrected chi connectivity index (χ2v) is 7.02. The van der Waals surface area contributed by atoms with Gasteiger partial charge in [0.25, 0.3) is 0 Å². The average Bonchev–Trinajstić information content (AvgIpc) is 3.26. The number of rotatable bonds is 4. The molecule has 3 heterocycles. The second kappa shape index (κ2) is 6.17. The van der Waals surface area contributed by atoms with Crippen LogP contribution < -0.4 is 0 Å². The molecule has 0 fully saturated rings. The zero-order chi connectivity index (χ0) is 16.5. The molecule has 4 rings (SSSR count). The summed E-state index contributed by atoms with van der Waals surface area (Å²) in [7, 11) is 0. The first-order chi connectivity index (χ1) is 11.7. The van der Waals surface area contributed by atoms with Gasteiger partial charge in [0, 0.05) is 18.8 Å². The van der Waals surface area contributed by atoms with Crippen LogP contribution in [0.15, 0.2) is 54.9 Å². The Morgan fingerprint density at radius 3 is 2.88 bits per heavy atom. The van der Waals surface area contributed by atoms with Gasteiger partial charge < -0.3 is 4.57 Å². The van der Waals surface area contributed by atoms with Crippen LogP contribution >= 0.6 is 11.3 Å². The van der Waals surface area contributed by atoms with Crippen molar-refractivity contribution in [3.8, 4) is 10.4 Å². The number of hydrogen-bond acceptors (Lipinski definition) is 4. The van der Waals surface area contributed by atoms with Crippen molar-refractivity contribution in [2.24, 2.45) is 0 Å². The lowest BCUT2D eigenvalue weighted by molar-refractivity contribution is -0.121. The molecule has 1 aromatic carbocycles. The summed E-state index contributed by atoms with van der Waals surface area (Å²) in [5.74, 6) is 0.235. The Morgan fingerprint density at radius 1 is 1.21 bits per heavy atom. The molecule has 0 saturated carbocycles. The minimum Gasteiger partial charge on any atom is -0.335 e. The van der Waals surface area contributed by atoms with E-state index in [9.17, 15) is 9.59 Å². The van der Waals surface area contributed by atoms with E-state index in [0.29, 0.717) is 25.0 Å². The standard InChI is InChI=1S/C19H16N2O2S/c22-16-9-8-15(21-10-4-7-14(16)21)17(23)11-19-20-12-18(24-19)13-5-2-1-3-6-13/h1-7,10,12,15H,8-9,11H2. The first-order valence-electron chi connectivity index (χ1n) is 7.95. The number of aromatic nitrogens is 2. The van der Waals surface area contributed by atoms with Crippen LogP contribution in [0, 0.1) is 0 Å². The van der Waals surface area contributed by atoms with E-state index in [1.165, 1.54) is 0 Å². The predicted octanol–water partition coefficient (Wildman–Crippen LogP) is 3.94. The molecular weight excluding hydrogens is 320 g/mol. The molecule has 0 spiro atoms. The van der Waals surface area contributed by atoms with E-state index in [0.717, 1.165) is 15.4 Å². The van der Waals surface area contributed by atoms with Gasteiger partial charge >= 0.3 is 0 Å². The summed E-state index contributed by atoms with van der Waals surface area (Å²) in [6.45, 7) is 0. The number of hydrogen-bond donors (Lipinski definition) is 0. The maximum absolute atomic E-state index is 12.7. The molecule has 1 aliphatic rings. The van der Waals surface area contributed by atoms with Crippen molar-refractivity contribution in [2.75, 3.05) is 0 Å². The molecule has 1 aliphatic heterocycles. The summed E-state index contributed by atoms with van der Waals surface area (Å²) in [4.78, 5) is 30.1. The predicted molar refractivity (Wildman–Crippen MR) is 93.3 cm³/mol. The van der Waals surface area contributed by atoms with Gasteiger partial charge in [0.15, 0.2) is 11.6 Å². The second-order valence-electron chi connectivity index (χ2n) is 5.91. The highest BCUT2D eigenvalue weighted by Gasteiger charge is 2.29. The van der Waals surface area contributed by atoms with Crippen molar-refractivity contribution < 1.29 is 9.59 Å². The fourth-order valence-electron chi connectivity index (χ4n) is 3.15. The highest BCUT2D eigenvalue weighted by atomic mass is 32.1. The van der Waals surface area contributed by atoms with Crippen molar-refractivity contribution >= 4 is 22.9 Å². The van der Waals surface area contributed by atoms with Crippen molar-refractivity contribution in [1.29, 1.82) is 0 Å². The van der Waals surface area contributed by atoms with Crippen molar-refractivity contribution in [2.45, 2.75) is 25.3 Å². The third kappa shape index (κ3) is 2.71. The van der Waals surface area contributed by atoms with E-state index in [4.69, 9.17) is 0 Å². The minimum absolute atomic E-state index is 0.115. The van der Waals surface area contributed by atoms with Gasteiger partial charge in [-0.3, -0.25) is 9.59 Å². The van der Waals surface area contributed by atoms with Gasteiger partial charge in [0.05, 0.1) is 23.0 Å². The number of ketones is 2. The summed E-state index contributed by atoms with van der Waals surface area (Å²) in [6.07, 6.45) is 4.98. The Kier molecular flexibility index (Phi) is 3.86. The molecule has 4 nitrogen and oxygen atoms in total. The molecule has 120 valence electrons. The largest absolute Gasteiger partial charge is 0.335 e. The molecule has 5 heteroatoms. The maximum Gasteiger partial charge on any atom is 0.179 e. The van der Waals surface area contributed by atoms with Gasteiger partial charge in [-0.05, 0) is 24.1 Å². The number of Topliss-reactive ketones (excluding diaryl/α,β-unsaturated/α-hetero) is 2. The molecule has 1 unspecified atom stereocenters. The van der Waals surface area contributed by atoms with Gasteiger partial charge in [-0.2, -0.15) is 0 Å². The molecule has 3 aromatic rings. The summed E-state index contributed by atoms with van der Waals surface area (Å²) < 4.78 is 1.82. The number of carbonyl (C=O) groups excluding carboxylic acids is 2. The van der Waals surface area contributed by atoms with Crippen LogP contribution in [0.25, 0.3) is 10.4 Å². The maximum atomic E-state index is 12.7. The van der Waals surface area contributed by atoms with E-state index < -0.39 is 0 Å². The Morgan fingerprint density at radius 2 is 2.04 bits per heavy atom. The number of carbonyl (C=O) groups is 2. The van der Waals surface area contributed by atoms with E-state index in [-0.39, 0.29) is 17.6 Å².